The van der Waals surface area contributed by atoms with Crippen LogP contribution < -0.4 is 14.5 Å². The van der Waals surface area contributed by atoms with Gasteiger partial charge in [-0.15, -0.1) is 0 Å². The molecule has 1 aliphatic heterocycles. The van der Waals surface area contributed by atoms with Crippen molar-refractivity contribution in [3.8, 4) is 11.5 Å². The first kappa shape index (κ1) is 27.9. The van der Waals surface area contributed by atoms with Gasteiger partial charge in [0.15, 0.2) is 34.8 Å². The van der Waals surface area contributed by atoms with Crippen LogP contribution in [0, 0.1) is 29.1 Å². The van der Waals surface area contributed by atoms with Crippen molar-refractivity contribution in [2.24, 2.45) is 5.10 Å². The van der Waals surface area contributed by atoms with Gasteiger partial charge in [-0.3, -0.25) is 4.79 Å². The number of ether oxygens (including phenoxy) is 2. The molecule has 3 aromatic carbocycles. The number of rotatable bonds is 6. The highest BCUT2D eigenvalue weighted by molar-refractivity contribution is 9.10. The van der Waals surface area contributed by atoms with Crippen molar-refractivity contribution in [1.82, 2.24) is 0 Å². The van der Waals surface area contributed by atoms with E-state index in [1.54, 1.807) is 24.3 Å². The van der Waals surface area contributed by atoms with Crippen molar-refractivity contribution in [1.29, 1.82) is 0 Å². The van der Waals surface area contributed by atoms with Gasteiger partial charge in [0.2, 0.25) is 5.82 Å². The molecular formula is C25H14BrCl2F5N2O3. The van der Waals surface area contributed by atoms with Crippen LogP contribution in [0.3, 0.4) is 0 Å². The fraction of sp³-hybridized carbons (Fsp3) is 0.120. The molecule has 0 aromatic heterocycles. The minimum atomic E-state index is -2.34. The quantitative estimate of drug-likeness (QED) is 0.120. The summed E-state index contributed by atoms with van der Waals surface area (Å²) in [5.74, 6) is -11.6. The van der Waals surface area contributed by atoms with Crippen LogP contribution >= 0.6 is 39.1 Å². The Labute approximate surface area is 231 Å². The Morgan fingerprint density at radius 1 is 0.974 bits per heavy atom. The number of halogens is 8. The number of hydrazone groups is 1. The summed E-state index contributed by atoms with van der Waals surface area (Å²) in [5, 5.41) is 4.73. The van der Waals surface area contributed by atoms with Crippen LogP contribution in [-0.4, -0.2) is 18.7 Å². The molecule has 0 atom stereocenters. The minimum absolute atomic E-state index is 0.0254. The predicted octanol–water partition coefficient (Wildman–Crippen LogP) is 7.85. The summed E-state index contributed by atoms with van der Waals surface area (Å²) in [6.45, 7) is 1.43. The third-order valence-corrected chi connectivity index (χ3v) is 6.72. The molecule has 0 bridgehead atoms. The molecular weight excluding hydrogens is 622 g/mol. The molecule has 1 aliphatic rings. The van der Waals surface area contributed by atoms with Gasteiger partial charge in [0, 0.05) is 20.1 Å². The third-order valence-electron chi connectivity index (χ3n) is 5.44. The van der Waals surface area contributed by atoms with Gasteiger partial charge in [0.1, 0.15) is 12.3 Å². The fourth-order valence-electron chi connectivity index (χ4n) is 3.50. The molecule has 3 aromatic rings. The molecule has 0 N–H and O–H groups in total. The second-order valence-corrected chi connectivity index (χ2v) is 9.53. The maximum Gasteiger partial charge on any atom is 0.280 e. The lowest BCUT2D eigenvalue weighted by molar-refractivity contribution is -0.114. The van der Waals surface area contributed by atoms with Crippen LogP contribution in [-0.2, 0) is 11.4 Å². The molecule has 0 spiro atoms. The molecule has 38 heavy (non-hydrogen) atoms. The monoisotopic (exact) mass is 634 g/mol. The summed E-state index contributed by atoms with van der Waals surface area (Å²) in [7, 11) is 1.39. The number of methoxy groups -OCH3 is 1. The zero-order valence-corrected chi connectivity index (χ0v) is 22.4. The standard InChI is InChI=1S/C25H14BrCl2F5N2O3/c1-10-14(25(36)35(34-10)24-22(32)20(30)19(29)21(31)23(24)33)5-12-6-17(37-2)18(8-15(12)26)38-9-11-3-4-13(27)7-16(11)28/h3-8H,9H2,1-2H3/b14-5+. The second-order valence-electron chi connectivity index (χ2n) is 7.83. The van der Waals surface area contributed by atoms with E-state index in [1.807, 2.05) is 0 Å². The average molecular weight is 636 g/mol. The number of benzene rings is 3. The zero-order valence-electron chi connectivity index (χ0n) is 19.3. The van der Waals surface area contributed by atoms with Crippen molar-refractivity contribution in [3.05, 3.63) is 90.6 Å². The SMILES string of the molecule is COc1cc(/C=C2/C(=O)N(c3c(F)c(F)c(F)c(F)c3F)N=C2C)c(Br)cc1OCc1ccc(Cl)cc1Cl. The van der Waals surface area contributed by atoms with Gasteiger partial charge in [-0.05, 0) is 42.8 Å². The summed E-state index contributed by atoms with van der Waals surface area (Å²) in [4.78, 5) is 13.0. The summed E-state index contributed by atoms with van der Waals surface area (Å²) < 4.78 is 81.1. The molecule has 5 nitrogen and oxygen atoms in total. The van der Waals surface area contributed by atoms with Crippen LogP contribution in [0.2, 0.25) is 10.0 Å². The van der Waals surface area contributed by atoms with Gasteiger partial charge in [-0.2, -0.15) is 10.1 Å². The van der Waals surface area contributed by atoms with E-state index in [1.165, 1.54) is 26.2 Å². The van der Waals surface area contributed by atoms with Crippen molar-refractivity contribution in [2.75, 3.05) is 12.1 Å². The number of carbonyl (C=O) groups is 1. The van der Waals surface area contributed by atoms with Gasteiger partial charge in [0.05, 0.1) is 18.4 Å². The third kappa shape index (κ3) is 5.10. The Hall–Kier alpha value is -3.15. The molecule has 0 radical (unpaired) electrons. The van der Waals surface area contributed by atoms with Crippen molar-refractivity contribution in [2.45, 2.75) is 13.5 Å². The van der Waals surface area contributed by atoms with Crippen molar-refractivity contribution in [3.63, 3.8) is 0 Å². The van der Waals surface area contributed by atoms with E-state index in [4.69, 9.17) is 32.7 Å². The Bertz CT molecular complexity index is 1520. The number of anilines is 1. The van der Waals surface area contributed by atoms with E-state index in [9.17, 15) is 26.7 Å². The maximum atomic E-state index is 14.3. The molecule has 0 unspecified atom stereocenters. The van der Waals surface area contributed by atoms with E-state index in [2.05, 4.69) is 21.0 Å². The Balaban J connectivity index is 1.66. The van der Waals surface area contributed by atoms with E-state index in [-0.39, 0.29) is 28.7 Å². The highest BCUT2D eigenvalue weighted by Crippen LogP contribution is 2.38. The van der Waals surface area contributed by atoms with Gasteiger partial charge >= 0.3 is 0 Å². The predicted molar refractivity (Wildman–Crippen MR) is 136 cm³/mol. The molecule has 1 heterocycles. The summed E-state index contributed by atoms with van der Waals surface area (Å²) in [5.41, 5.74) is -0.621. The fourth-order valence-corrected chi connectivity index (χ4v) is 4.40. The Morgan fingerprint density at radius 2 is 1.61 bits per heavy atom. The lowest BCUT2D eigenvalue weighted by Crippen LogP contribution is -2.25. The molecule has 13 heteroatoms. The number of hydrogen-bond acceptors (Lipinski definition) is 4. The summed E-state index contributed by atoms with van der Waals surface area (Å²) >= 11 is 15.5. The molecule has 0 fully saturated rings. The lowest BCUT2D eigenvalue weighted by atomic mass is 10.1. The molecule has 0 aliphatic carbocycles. The van der Waals surface area contributed by atoms with E-state index in [0.29, 0.717) is 31.4 Å². The first-order valence-corrected chi connectivity index (χ1v) is 12.1. The average Bonchev–Trinajstić information content (AvgIpc) is 3.15. The van der Waals surface area contributed by atoms with Gasteiger partial charge < -0.3 is 9.47 Å². The zero-order chi connectivity index (χ0) is 27.9. The van der Waals surface area contributed by atoms with Crippen LogP contribution in [0.25, 0.3) is 6.08 Å². The van der Waals surface area contributed by atoms with Crippen LogP contribution in [0.4, 0.5) is 27.6 Å². The smallest absolute Gasteiger partial charge is 0.280 e. The van der Waals surface area contributed by atoms with E-state index in [0.717, 1.165) is 0 Å². The maximum absolute atomic E-state index is 14.3. The largest absolute Gasteiger partial charge is 0.493 e. The van der Waals surface area contributed by atoms with Crippen LogP contribution in [0.1, 0.15) is 18.1 Å². The first-order valence-electron chi connectivity index (χ1n) is 10.5. The second kappa shape index (κ2) is 10.9. The van der Waals surface area contributed by atoms with E-state index >= 15 is 0 Å². The van der Waals surface area contributed by atoms with Gasteiger partial charge in [0.25, 0.3) is 5.91 Å². The molecule has 1 amide bonds. The number of carbonyl (C=O) groups excluding carboxylic acids is 1. The van der Waals surface area contributed by atoms with Gasteiger partial charge in [-0.25, -0.2) is 22.0 Å². The van der Waals surface area contributed by atoms with Crippen LogP contribution in [0.5, 0.6) is 11.5 Å². The normalized spacial score (nSPS) is 14.4. The summed E-state index contributed by atoms with van der Waals surface area (Å²) in [6.07, 6.45) is 1.32. The number of hydrogen-bond donors (Lipinski definition) is 0. The van der Waals surface area contributed by atoms with Gasteiger partial charge in [-0.1, -0.05) is 45.2 Å². The highest BCUT2D eigenvalue weighted by Gasteiger charge is 2.37. The molecule has 0 saturated heterocycles. The number of nitrogens with zero attached hydrogens (tertiary/aromatic N) is 2. The summed E-state index contributed by atoms with van der Waals surface area (Å²) in [6, 6.07) is 8.00. The Morgan fingerprint density at radius 3 is 2.21 bits per heavy atom. The Kier molecular flexibility index (Phi) is 8.01. The highest BCUT2D eigenvalue weighted by atomic mass is 79.9. The minimum Gasteiger partial charge on any atom is -0.493 e. The van der Waals surface area contributed by atoms with Crippen LogP contribution in [0.15, 0.2) is 45.5 Å². The molecule has 198 valence electrons. The molecule has 4 rings (SSSR count). The van der Waals surface area contributed by atoms with E-state index < -0.39 is 40.7 Å². The number of amides is 1. The first-order chi connectivity index (χ1) is 17.9. The topological polar surface area (TPSA) is 51.1 Å². The van der Waals surface area contributed by atoms with Crippen molar-refractivity contribution < 1.29 is 36.2 Å². The van der Waals surface area contributed by atoms with Crippen molar-refractivity contribution >= 4 is 62.5 Å². The molecule has 0 saturated carbocycles. The lowest BCUT2D eigenvalue weighted by Gasteiger charge is -2.15.